The third kappa shape index (κ3) is 6.43. The second kappa shape index (κ2) is 12.3. The molecule has 2 heterocycles. The van der Waals surface area contributed by atoms with Gasteiger partial charge in [-0.25, -0.2) is 4.79 Å². The van der Waals surface area contributed by atoms with E-state index in [-0.39, 0.29) is 19.4 Å². The number of H-pyrrole nitrogens is 1. The summed E-state index contributed by atoms with van der Waals surface area (Å²) in [5.74, 6) is 0. The highest BCUT2D eigenvalue weighted by Crippen LogP contribution is 2.59. The van der Waals surface area contributed by atoms with Gasteiger partial charge >= 0.3 is 13.3 Å². The highest BCUT2D eigenvalue weighted by Gasteiger charge is 2.47. The van der Waals surface area contributed by atoms with Gasteiger partial charge in [-0.1, -0.05) is 54.6 Å². The number of ether oxygens (including phenoxy) is 2. The molecule has 1 fully saturated rings. The van der Waals surface area contributed by atoms with Gasteiger partial charge in [0.2, 0.25) is 0 Å². The van der Waals surface area contributed by atoms with E-state index in [0.717, 1.165) is 12.8 Å². The smallest absolute Gasteiger partial charge is 0.359 e. The lowest BCUT2D eigenvalue weighted by Gasteiger charge is -2.37. The SMILES string of the molecule is CC(C)(C[C@H]1O[C@@H](n2ccc(=O)[nH]c2=O)CC1O)OP(=O)(O)C(C)(C)OCCCCc1ccc2ccc3cccc4ccc1c2c34. The second-order valence-electron chi connectivity index (χ2n) is 13.4. The van der Waals surface area contributed by atoms with Crippen LogP contribution in [0.25, 0.3) is 32.3 Å². The van der Waals surface area contributed by atoms with Crippen molar-refractivity contribution in [2.75, 3.05) is 6.61 Å². The summed E-state index contributed by atoms with van der Waals surface area (Å²) >= 11 is 0. The van der Waals surface area contributed by atoms with Crippen molar-refractivity contribution < 1.29 is 28.6 Å². The van der Waals surface area contributed by atoms with Crippen LogP contribution in [-0.2, 0) is 25.0 Å². The average molecular weight is 649 g/mol. The molecule has 10 nitrogen and oxygen atoms in total. The van der Waals surface area contributed by atoms with E-state index < -0.39 is 48.2 Å². The molecule has 4 atom stereocenters. The van der Waals surface area contributed by atoms with Crippen molar-refractivity contribution in [3.63, 3.8) is 0 Å². The monoisotopic (exact) mass is 648 g/mol. The van der Waals surface area contributed by atoms with Crippen molar-refractivity contribution in [1.82, 2.24) is 9.55 Å². The van der Waals surface area contributed by atoms with Crippen molar-refractivity contribution in [3.05, 3.63) is 93.3 Å². The molecule has 1 aromatic heterocycles. The standard InChI is InChI=1S/C35H41N2O8P/c1-34(2,21-28-27(38)20-30(44-28)37-18-17-29(39)36-33(37)40)45-46(41,42)35(3,4)43-19-6-5-8-22-11-12-25-14-13-23-9-7-10-24-15-16-26(22)32(25)31(23)24/h7,9-18,27-28,30,38H,5-6,8,19-21H2,1-4H3,(H,41,42)(H,36,39,40)/t27?,28-,30-/m1/s1. The van der Waals surface area contributed by atoms with Gasteiger partial charge in [0, 0.05) is 31.7 Å². The summed E-state index contributed by atoms with van der Waals surface area (Å²) < 4.78 is 32.4. The number of nitrogens with one attached hydrogen (secondary N) is 1. The van der Waals surface area contributed by atoms with Gasteiger partial charge in [0.25, 0.3) is 5.56 Å². The van der Waals surface area contributed by atoms with Crippen molar-refractivity contribution in [2.45, 2.75) is 89.2 Å². The average Bonchev–Trinajstić information content (AvgIpc) is 3.33. The quantitative estimate of drug-likeness (QED) is 0.0822. The van der Waals surface area contributed by atoms with Crippen LogP contribution in [0.3, 0.4) is 0 Å². The minimum Gasteiger partial charge on any atom is -0.390 e. The number of aryl methyl sites for hydroxylation is 1. The van der Waals surface area contributed by atoms with Crippen LogP contribution in [0.2, 0.25) is 0 Å². The van der Waals surface area contributed by atoms with E-state index in [2.05, 4.69) is 59.6 Å². The molecular weight excluding hydrogens is 607 g/mol. The molecule has 3 N–H and O–H groups in total. The highest BCUT2D eigenvalue weighted by atomic mass is 31.2. The Labute approximate surface area is 266 Å². The van der Waals surface area contributed by atoms with E-state index in [1.165, 1.54) is 54.7 Å². The van der Waals surface area contributed by atoms with E-state index in [0.29, 0.717) is 6.42 Å². The zero-order valence-electron chi connectivity index (χ0n) is 26.6. The molecule has 244 valence electrons. The molecule has 1 aliphatic rings. The van der Waals surface area contributed by atoms with Crippen LogP contribution in [0.15, 0.2) is 76.4 Å². The Bertz CT molecular complexity index is 2020. The number of hydrogen-bond acceptors (Lipinski definition) is 7. The normalized spacial score (nSPS) is 20.6. The number of aromatic amines is 1. The summed E-state index contributed by atoms with van der Waals surface area (Å²) in [7, 11) is -4.31. The molecule has 11 heteroatoms. The van der Waals surface area contributed by atoms with Gasteiger partial charge < -0.3 is 24.0 Å². The molecule has 0 radical (unpaired) electrons. The third-order valence-corrected chi connectivity index (χ3v) is 11.3. The summed E-state index contributed by atoms with van der Waals surface area (Å²) in [5.41, 5.74) is -1.07. The summed E-state index contributed by atoms with van der Waals surface area (Å²) in [6, 6.07) is 20.7. The Morgan fingerprint density at radius 3 is 2.35 bits per heavy atom. The van der Waals surface area contributed by atoms with Crippen molar-refractivity contribution >= 4 is 39.9 Å². The third-order valence-electron chi connectivity index (χ3n) is 9.02. The van der Waals surface area contributed by atoms with Gasteiger partial charge in [-0.2, -0.15) is 0 Å². The minimum atomic E-state index is -4.31. The van der Waals surface area contributed by atoms with Gasteiger partial charge in [-0.15, -0.1) is 0 Å². The Morgan fingerprint density at radius 2 is 1.63 bits per heavy atom. The number of benzene rings is 4. The maximum Gasteiger partial charge on any atom is 0.359 e. The maximum absolute atomic E-state index is 13.5. The first-order valence-corrected chi connectivity index (χ1v) is 17.3. The van der Waals surface area contributed by atoms with Crippen molar-refractivity contribution in [1.29, 1.82) is 0 Å². The first-order chi connectivity index (χ1) is 21.7. The topological polar surface area (TPSA) is 140 Å². The van der Waals surface area contributed by atoms with E-state index in [4.69, 9.17) is 14.0 Å². The zero-order valence-corrected chi connectivity index (χ0v) is 27.5. The Hall–Kier alpha value is -3.37. The van der Waals surface area contributed by atoms with E-state index >= 15 is 0 Å². The highest BCUT2D eigenvalue weighted by molar-refractivity contribution is 7.54. The predicted octanol–water partition coefficient (Wildman–Crippen LogP) is 6.23. The van der Waals surface area contributed by atoms with Crippen LogP contribution in [0.1, 0.15) is 65.2 Å². The number of aliphatic hydroxyl groups is 1. The molecule has 6 rings (SSSR count). The molecule has 0 saturated carbocycles. The molecule has 5 aromatic rings. The summed E-state index contributed by atoms with van der Waals surface area (Å²) in [4.78, 5) is 36.8. The van der Waals surface area contributed by atoms with Crippen LogP contribution < -0.4 is 11.2 Å². The van der Waals surface area contributed by atoms with Gasteiger partial charge in [-0.05, 0) is 84.8 Å². The largest absolute Gasteiger partial charge is 0.390 e. The first kappa shape index (κ1) is 32.6. The number of aliphatic hydroxyl groups excluding tert-OH is 1. The van der Waals surface area contributed by atoms with E-state index in [1.807, 2.05) is 0 Å². The summed E-state index contributed by atoms with van der Waals surface area (Å²) in [5, 5.41) is 16.7. The number of rotatable bonds is 12. The first-order valence-electron chi connectivity index (χ1n) is 15.7. The van der Waals surface area contributed by atoms with Gasteiger partial charge in [0.15, 0.2) is 5.34 Å². The number of hydrogen-bond donors (Lipinski definition) is 3. The molecule has 1 saturated heterocycles. The number of aromatic nitrogens is 2. The molecule has 2 unspecified atom stereocenters. The van der Waals surface area contributed by atoms with Gasteiger partial charge in [-0.3, -0.25) is 18.9 Å². The molecule has 0 spiro atoms. The molecule has 4 aromatic carbocycles. The van der Waals surface area contributed by atoms with Crippen molar-refractivity contribution in [3.8, 4) is 0 Å². The summed E-state index contributed by atoms with van der Waals surface area (Å²) in [6.07, 6.45) is 1.42. The fourth-order valence-electron chi connectivity index (χ4n) is 6.53. The lowest BCUT2D eigenvalue weighted by atomic mass is 9.91. The number of unbranched alkanes of at least 4 members (excludes halogenated alkanes) is 1. The van der Waals surface area contributed by atoms with E-state index in [9.17, 15) is 24.2 Å². The fraction of sp³-hybridized carbons (Fsp3) is 0.429. The fourth-order valence-corrected chi connectivity index (χ4v) is 7.74. The summed E-state index contributed by atoms with van der Waals surface area (Å²) in [6.45, 7) is 6.68. The Balaban J connectivity index is 1.03. The number of nitrogens with zero attached hydrogens (tertiary/aromatic N) is 1. The molecule has 0 amide bonds. The molecule has 0 bridgehead atoms. The lowest BCUT2D eigenvalue weighted by molar-refractivity contribution is -0.0642. The Morgan fingerprint density at radius 1 is 0.957 bits per heavy atom. The van der Waals surface area contributed by atoms with Crippen LogP contribution in [0.4, 0.5) is 0 Å². The molecular formula is C35H41N2O8P. The maximum atomic E-state index is 13.5. The van der Waals surface area contributed by atoms with Crippen LogP contribution in [-0.4, -0.2) is 49.3 Å². The predicted molar refractivity (Wildman–Crippen MR) is 179 cm³/mol. The zero-order chi connectivity index (χ0) is 32.9. The lowest BCUT2D eigenvalue weighted by Crippen LogP contribution is -2.37. The molecule has 0 aliphatic carbocycles. The van der Waals surface area contributed by atoms with Gasteiger partial charge in [0.1, 0.15) is 6.23 Å². The van der Waals surface area contributed by atoms with Crippen LogP contribution >= 0.6 is 7.60 Å². The molecule has 46 heavy (non-hydrogen) atoms. The van der Waals surface area contributed by atoms with Crippen LogP contribution in [0.5, 0.6) is 0 Å². The van der Waals surface area contributed by atoms with E-state index in [1.54, 1.807) is 27.7 Å². The minimum absolute atomic E-state index is 0.0860. The molecule has 1 aliphatic heterocycles. The van der Waals surface area contributed by atoms with Crippen LogP contribution in [0, 0.1) is 0 Å². The van der Waals surface area contributed by atoms with Gasteiger partial charge in [0.05, 0.1) is 17.8 Å². The Kier molecular flexibility index (Phi) is 8.74. The second-order valence-corrected chi connectivity index (χ2v) is 15.7. The van der Waals surface area contributed by atoms with Crippen molar-refractivity contribution in [2.24, 2.45) is 0 Å².